The van der Waals surface area contributed by atoms with E-state index in [1.165, 1.54) is 19.1 Å². The predicted octanol–water partition coefficient (Wildman–Crippen LogP) is -7.58. The van der Waals surface area contributed by atoms with Crippen LogP contribution >= 0.6 is 0 Å². The molecule has 0 aromatic rings. The number of nitrogens with zero attached hydrogens (tertiary/aromatic N) is 2. The molecule has 0 saturated heterocycles. The van der Waals surface area contributed by atoms with E-state index in [4.69, 9.17) is 15.2 Å². The molecule has 0 aliphatic carbocycles. The highest BCUT2D eigenvalue weighted by atomic mass is 16.6. The Morgan fingerprint density at radius 2 is 1.10 bits per heavy atom. The predicted molar refractivity (Wildman–Crippen MR) is 176 cm³/mol. The van der Waals surface area contributed by atoms with Crippen molar-refractivity contribution in [3.63, 3.8) is 0 Å². The summed E-state index contributed by atoms with van der Waals surface area (Å²) in [6.07, 6.45) is -8.10. The fraction of sp³-hybridized carbons (Fsp3) is 0.929. The monoisotopic (exact) mass is 717 g/mol. The molecule has 0 spiro atoms. The number of hydrogen-bond donors (Lipinski definition) is 15. The lowest BCUT2D eigenvalue weighted by Crippen LogP contribution is -2.55. The summed E-state index contributed by atoms with van der Waals surface area (Å²) in [5.74, 6) is -0.802. The Balaban J connectivity index is 4.84. The van der Waals surface area contributed by atoms with Gasteiger partial charge in [-0.05, 0) is 5.92 Å². The van der Waals surface area contributed by atoms with E-state index in [9.17, 15) is 50.4 Å². The number of carbonyl (C=O) groups excluding carboxylic acids is 2. The summed E-state index contributed by atoms with van der Waals surface area (Å²) in [7, 11) is 2.48. The Labute approximate surface area is 288 Å². The molecule has 2 amide bonds. The van der Waals surface area contributed by atoms with Gasteiger partial charge in [0, 0.05) is 53.5 Å². The van der Waals surface area contributed by atoms with Crippen molar-refractivity contribution >= 4 is 11.8 Å². The molecular formula is C28H63N9O12. The Morgan fingerprint density at radius 1 is 0.612 bits per heavy atom. The van der Waals surface area contributed by atoms with Crippen LogP contribution in [0.15, 0.2) is 0 Å². The van der Waals surface area contributed by atoms with Crippen molar-refractivity contribution in [2.45, 2.75) is 76.6 Å². The van der Waals surface area contributed by atoms with Crippen molar-refractivity contribution in [1.82, 2.24) is 41.7 Å². The number of ether oxygens (including phenoxy) is 2. The first-order valence-electron chi connectivity index (χ1n) is 16.3. The lowest BCUT2D eigenvalue weighted by atomic mass is 10.0. The van der Waals surface area contributed by atoms with E-state index in [2.05, 4.69) is 45.7 Å². The molecule has 0 radical (unpaired) electrons. The summed E-state index contributed by atoms with van der Waals surface area (Å²) in [4.78, 5) is 27.1. The zero-order valence-corrected chi connectivity index (χ0v) is 29.1. The van der Waals surface area contributed by atoms with Crippen molar-refractivity contribution in [3.05, 3.63) is 0 Å². The minimum Gasteiger partial charge on any atom is -0.377 e. The van der Waals surface area contributed by atoms with Crippen molar-refractivity contribution in [2.24, 2.45) is 11.7 Å². The van der Waals surface area contributed by atoms with Gasteiger partial charge in [-0.25, -0.2) is 0 Å². The number of nitrogens with one attached hydrogen (secondary N) is 6. The van der Waals surface area contributed by atoms with Gasteiger partial charge < -0.3 is 66.7 Å². The number of amides is 2. The fourth-order valence-corrected chi connectivity index (χ4v) is 4.24. The second-order valence-corrected chi connectivity index (χ2v) is 11.4. The van der Waals surface area contributed by atoms with Crippen LogP contribution in [0.3, 0.4) is 0 Å². The number of aliphatic hydroxyl groups excluding tert-OH is 8. The minimum atomic E-state index is -1.42. The van der Waals surface area contributed by atoms with Crippen LogP contribution in [-0.4, -0.2) is 199 Å². The standard InChI is InChI=1S/C28H63N9O12/c1-5-18(6-2)8-30-20(39)9-31-21(40)10-32-23(42)15-37(17-28(47)49-4)26(45)13-35-22(41)11-33-24(43)14-36(16-27(46)48-3)25(44)12-34-19(38)7-29/h18-20,22,24-28,30,33-35,38-39,41,43-47H,5-17,29H2,1-4H3,(H,31,40)(H,32,42). The van der Waals surface area contributed by atoms with Crippen LogP contribution in [0.4, 0.5) is 0 Å². The second-order valence-electron chi connectivity index (χ2n) is 11.4. The van der Waals surface area contributed by atoms with Crippen molar-refractivity contribution < 1.29 is 59.9 Å². The summed E-state index contributed by atoms with van der Waals surface area (Å²) in [5, 5.41) is 96.9. The highest BCUT2D eigenvalue weighted by molar-refractivity contribution is 5.85. The summed E-state index contributed by atoms with van der Waals surface area (Å²) >= 11 is 0. The Morgan fingerprint density at radius 3 is 1.65 bits per heavy atom. The van der Waals surface area contributed by atoms with Crippen molar-refractivity contribution in [3.8, 4) is 0 Å². The first-order chi connectivity index (χ1) is 23.2. The van der Waals surface area contributed by atoms with E-state index in [0.29, 0.717) is 12.5 Å². The van der Waals surface area contributed by atoms with Gasteiger partial charge in [-0.1, -0.05) is 26.7 Å². The van der Waals surface area contributed by atoms with E-state index < -0.39 is 74.9 Å². The van der Waals surface area contributed by atoms with Gasteiger partial charge in [-0.15, -0.1) is 0 Å². The third kappa shape index (κ3) is 23.4. The highest BCUT2D eigenvalue weighted by Crippen LogP contribution is 2.05. The van der Waals surface area contributed by atoms with Crippen LogP contribution < -0.4 is 37.6 Å². The second kappa shape index (κ2) is 27.9. The van der Waals surface area contributed by atoms with E-state index >= 15 is 0 Å². The maximum atomic E-state index is 12.5. The van der Waals surface area contributed by atoms with Crippen molar-refractivity contribution in [2.75, 3.05) is 86.2 Å². The average Bonchev–Trinajstić information content (AvgIpc) is 3.09. The number of carbonyl (C=O) groups is 2. The lowest BCUT2D eigenvalue weighted by molar-refractivity contribution is -0.137. The first kappa shape index (κ1) is 47.3. The molecule has 0 saturated carbocycles. The van der Waals surface area contributed by atoms with Gasteiger partial charge in [0.25, 0.3) is 0 Å². The van der Waals surface area contributed by atoms with Gasteiger partial charge >= 0.3 is 0 Å². The van der Waals surface area contributed by atoms with Crippen LogP contribution in [0.1, 0.15) is 26.7 Å². The van der Waals surface area contributed by atoms with Gasteiger partial charge in [0.2, 0.25) is 11.8 Å². The largest absolute Gasteiger partial charge is 0.377 e. The topological polar surface area (TPSA) is 319 Å². The molecule has 0 heterocycles. The number of nitrogens with two attached hydrogens (primary N) is 1. The number of rotatable bonds is 31. The maximum Gasteiger partial charge on any atom is 0.239 e. The van der Waals surface area contributed by atoms with E-state index in [1.807, 2.05) is 0 Å². The third-order valence-electron chi connectivity index (χ3n) is 7.50. The molecule has 8 atom stereocenters. The molecule has 292 valence electrons. The molecule has 0 aliphatic heterocycles. The van der Waals surface area contributed by atoms with Crippen LogP contribution in [0.25, 0.3) is 0 Å². The van der Waals surface area contributed by atoms with Gasteiger partial charge in [0.05, 0.1) is 32.7 Å². The Bertz CT molecular complexity index is 855. The summed E-state index contributed by atoms with van der Waals surface area (Å²) in [6, 6.07) is 0. The highest BCUT2D eigenvalue weighted by Gasteiger charge is 2.25. The zero-order chi connectivity index (χ0) is 37.4. The normalized spacial score (nSPS) is 17.1. The molecule has 16 N–H and O–H groups in total. The summed E-state index contributed by atoms with van der Waals surface area (Å²) < 4.78 is 9.62. The van der Waals surface area contributed by atoms with Gasteiger partial charge in [0.1, 0.15) is 37.4 Å². The van der Waals surface area contributed by atoms with E-state index in [-0.39, 0.29) is 52.4 Å². The molecule has 8 unspecified atom stereocenters. The van der Waals surface area contributed by atoms with E-state index in [0.717, 1.165) is 17.7 Å². The molecule has 21 nitrogen and oxygen atoms in total. The lowest BCUT2D eigenvalue weighted by Gasteiger charge is -2.32. The van der Waals surface area contributed by atoms with Gasteiger partial charge in [-0.2, -0.15) is 0 Å². The van der Waals surface area contributed by atoms with Gasteiger partial charge in [-0.3, -0.25) is 40.7 Å². The maximum absolute atomic E-state index is 12.5. The van der Waals surface area contributed by atoms with Crippen LogP contribution in [0, 0.1) is 5.92 Å². The Hall–Kier alpha value is -1.74. The molecule has 0 fully saturated rings. The minimum absolute atomic E-state index is 0.0610. The Kier molecular flexibility index (Phi) is 26.9. The van der Waals surface area contributed by atoms with Crippen molar-refractivity contribution in [1.29, 1.82) is 0 Å². The summed E-state index contributed by atoms with van der Waals surface area (Å²) in [5.41, 5.74) is 5.33. The SMILES string of the molecule is CCC(CC)CNC(O)CNC(=O)CNC(=O)CN(CC(O)OC)C(O)CNC(O)CNC(O)CN(CC(O)OC)C(O)CNC(O)CN. The van der Waals surface area contributed by atoms with Crippen LogP contribution in [-0.2, 0) is 19.1 Å². The zero-order valence-electron chi connectivity index (χ0n) is 29.1. The number of methoxy groups -OCH3 is 2. The molecule has 0 aliphatic rings. The smallest absolute Gasteiger partial charge is 0.239 e. The first-order valence-corrected chi connectivity index (χ1v) is 16.3. The molecule has 21 heteroatoms. The quantitative estimate of drug-likeness (QED) is 0.0296. The molecular weight excluding hydrogens is 654 g/mol. The molecule has 0 rings (SSSR count). The molecule has 0 aromatic heterocycles. The number of aliphatic hydroxyl groups is 8. The third-order valence-corrected chi connectivity index (χ3v) is 7.50. The molecule has 0 aromatic carbocycles. The number of hydrogen-bond acceptors (Lipinski definition) is 19. The van der Waals surface area contributed by atoms with Crippen LogP contribution in [0.2, 0.25) is 0 Å². The van der Waals surface area contributed by atoms with E-state index in [1.54, 1.807) is 0 Å². The molecule has 0 bridgehead atoms. The average molecular weight is 718 g/mol. The van der Waals surface area contributed by atoms with Crippen LogP contribution in [0.5, 0.6) is 0 Å². The molecule has 49 heavy (non-hydrogen) atoms. The van der Waals surface area contributed by atoms with Gasteiger partial charge in [0.15, 0.2) is 12.6 Å². The summed E-state index contributed by atoms with van der Waals surface area (Å²) in [6.45, 7) is 2.26. The fourth-order valence-electron chi connectivity index (χ4n) is 4.24.